The van der Waals surface area contributed by atoms with Gasteiger partial charge in [0.2, 0.25) is 11.8 Å². The van der Waals surface area contributed by atoms with E-state index in [9.17, 15) is 45.2 Å². The van der Waals surface area contributed by atoms with E-state index in [1.807, 2.05) is 72.9 Å². The van der Waals surface area contributed by atoms with Crippen LogP contribution in [0.1, 0.15) is 106 Å². The fraction of sp³-hybridized carbons (Fsp3) is 0.298. The van der Waals surface area contributed by atoms with Crippen LogP contribution in [0.2, 0.25) is 0 Å². The number of para-hydroxylation sites is 2. The van der Waals surface area contributed by atoms with Gasteiger partial charge in [0.1, 0.15) is 41.2 Å². The van der Waals surface area contributed by atoms with Gasteiger partial charge in [-0.25, -0.2) is 14.1 Å². The summed E-state index contributed by atoms with van der Waals surface area (Å²) in [5.74, 6) is 0.326. The summed E-state index contributed by atoms with van der Waals surface area (Å²) < 4.78 is 3.59. The topological polar surface area (TPSA) is 308 Å². The number of aliphatic hydroxyl groups is 1. The number of rotatable bonds is 20. The highest BCUT2D eigenvalue weighted by atomic mass is 32.2. The Morgan fingerprint density at radius 3 is 1.72 bits per heavy atom. The number of nitro groups is 1. The molecule has 0 radical (unpaired) electrons. The standard InChI is InChI=1S/C26H40N2.C19H15N2.C14H13N3O.C14H14O4.C11H13N3OS.C10H16N4O3/c1-25(2,3)21-13-11-19(17-27(7)8)23(15-21)24-16-22(26(4,5)6)14-12-20(24)18-28(9)10;1-2-6-16-13-21(12-10-15(16)5-1)14-17-9-11-20-19-8-4-3-7-18(17)19;15-12(11-6-2-1-3-7-11)10-14(18)17-13-8-4-5-9-16-13;1-7-3-13(17)9(5-11(7)15)10-6-12(16)8(2)4-14(10)18;15-10(8-16-11-12-6-7-13-11)14-9-4-2-1-3-5-9;1-7-8(2)13(7)6-9(15)5-12-4-3-11-10(12)14(16)17/h11-16H,17-18H2,1-10H3;1-13H,14H2;1-9,15H,10H2,(H,16,17,18);3-6,15-18H,1-2H3;1-5H,6-8H2,(H,12,13)(H,14,15);3-4,7-9,15H,5-6H2,1-2H3/q;+1;;;;. The number of hydrogen-bond acceptors (Lipinski definition) is 19. The summed E-state index contributed by atoms with van der Waals surface area (Å²) in [6.07, 6.45) is 10.1. The molecule has 6 heterocycles. The molecule has 118 heavy (non-hydrogen) atoms. The first-order chi connectivity index (χ1) is 56.2. The number of β-amino-alcohol motifs (C(OH)–C–C–N with tert-alkyl or cyclic N) is 1. The summed E-state index contributed by atoms with van der Waals surface area (Å²) in [5, 5.41) is 80.5. The van der Waals surface area contributed by atoms with Gasteiger partial charge in [-0.05, 0) is 194 Å². The van der Waals surface area contributed by atoms with E-state index < -0.39 is 11.0 Å². The molecule has 2 aliphatic rings. The Morgan fingerprint density at radius 2 is 1.18 bits per heavy atom. The molecule has 0 spiro atoms. The monoisotopic (exact) mass is 1610 g/mol. The third-order valence-electron chi connectivity index (χ3n) is 19.7. The molecule has 23 nitrogen and oxygen atoms in total. The molecule has 1 saturated heterocycles. The van der Waals surface area contributed by atoms with Crippen molar-refractivity contribution in [1.82, 2.24) is 39.5 Å². The van der Waals surface area contributed by atoms with Crippen molar-refractivity contribution in [2.24, 2.45) is 4.99 Å². The molecule has 4 aromatic heterocycles. The molecule has 3 atom stereocenters. The number of aromatic hydroxyl groups is 4. The maximum Gasteiger partial charge on any atom is 0.434 e. The first kappa shape index (κ1) is 89.7. The minimum absolute atomic E-state index is 0.00685. The molecule has 0 aliphatic carbocycles. The van der Waals surface area contributed by atoms with Crippen LogP contribution in [-0.4, -0.2) is 159 Å². The maximum atomic E-state index is 11.7. The number of aliphatic imine (C=N–C) groups is 1. The zero-order chi connectivity index (χ0) is 85.4. The van der Waals surface area contributed by atoms with E-state index in [2.05, 4.69) is 242 Å². The SMILES string of the molecule is CC1C(C)N1CC(O)Cn1ccnc1[N+](=O)[O-].CN(C)Cc1ccc(C(C)(C)C)cc1-c1cc(C(C)(C)C)ccc1CN(C)C.Cc1cc(O)c(-c2cc(O)c(C)cc2O)cc1O.N=C(CC(=O)Nc1ccccn1)c1ccccc1.O=C(CSC1=NCCN1)Nc1ccccc1.c1ccc2c[n+](Cc3ccnc4ccccc34)ccc2c1. The van der Waals surface area contributed by atoms with E-state index in [4.69, 9.17) is 5.41 Å². The summed E-state index contributed by atoms with van der Waals surface area (Å²) in [6, 6.07) is 65.6. The molecule has 12 aromatic rings. The van der Waals surface area contributed by atoms with Crippen molar-refractivity contribution >= 4 is 73.6 Å². The molecule has 2 aliphatic heterocycles. The third kappa shape index (κ3) is 26.7. The number of hydrogen-bond donors (Lipinski definition) is 9. The molecule has 9 N–H and O–H groups in total. The van der Waals surface area contributed by atoms with Gasteiger partial charge in [0, 0.05) is 95.6 Å². The number of aromatic nitrogens is 5. The number of thioether (sulfide) groups is 1. The van der Waals surface area contributed by atoms with Crippen LogP contribution in [-0.2, 0) is 46.6 Å². The Morgan fingerprint density at radius 1 is 0.619 bits per heavy atom. The normalized spacial score (nSPS) is 14.2. The van der Waals surface area contributed by atoms with E-state index in [0.29, 0.717) is 47.0 Å². The van der Waals surface area contributed by atoms with Crippen molar-refractivity contribution in [3.63, 3.8) is 0 Å². The van der Waals surface area contributed by atoms with Crippen LogP contribution >= 0.6 is 11.8 Å². The number of amides is 2. The zero-order valence-electron chi connectivity index (χ0n) is 69.9. The van der Waals surface area contributed by atoms with Gasteiger partial charge in [0.05, 0.1) is 36.9 Å². The van der Waals surface area contributed by atoms with Crippen molar-refractivity contribution in [2.45, 2.75) is 131 Å². The minimum atomic E-state index is -0.615. The second-order valence-corrected chi connectivity index (χ2v) is 32.8. The molecular weight excluding hydrogens is 1500 g/mol. The second-order valence-electron chi connectivity index (χ2n) is 31.8. The summed E-state index contributed by atoms with van der Waals surface area (Å²) in [5.41, 5.74) is 14.4. The van der Waals surface area contributed by atoms with Gasteiger partial charge in [-0.15, -0.1) is 0 Å². The van der Waals surface area contributed by atoms with E-state index in [1.54, 1.807) is 38.2 Å². The van der Waals surface area contributed by atoms with Gasteiger partial charge in [-0.1, -0.05) is 186 Å². The average Bonchev–Trinajstić information content (AvgIpc) is 1.30. The van der Waals surface area contributed by atoms with Crippen LogP contribution in [0, 0.1) is 29.4 Å². The van der Waals surface area contributed by atoms with Crippen molar-refractivity contribution in [3.8, 4) is 45.3 Å². The fourth-order valence-electron chi connectivity index (χ4n) is 13.0. The van der Waals surface area contributed by atoms with E-state index in [1.165, 1.54) is 108 Å². The number of phenols is 4. The van der Waals surface area contributed by atoms with Gasteiger partial charge in [0.15, 0.2) is 24.1 Å². The number of phenolic OH excluding ortho intramolecular Hbond substituents is 4. The Labute approximate surface area is 696 Å². The van der Waals surface area contributed by atoms with Crippen LogP contribution in [0.4, 0.5) is 17.5 Å². The van der Waals surface area contributed by atoms with Gasteiger partial charge in [0.25, 0.3) is 0 Å². The Kier molecular flexibility index (Phi) is 32.0. The van der Waals surface area contributed by atoms with E-state index in [0.717, 1.165) is 54.7 Å². The molecule has 1 fully saturated rings. The second kappa shape index (κ2) is 42.1. The van der Waals surface area contributed by atoms with Gasteiger partial charge < -0.3 is 66.8 Å². The van der Waals surface area contributed by atoms with Gasteiger partial charge in [-0.3, -0.25) is 24.5 Å². The number of imidazole rings is 1. The van der Waals surface area contributed by atoms with Crippen molar-refractivity contribution < 1.29 is 44.6 Å². The summed E-state index contributed by atoms with van der Waals surface area (Å²) >= 11 is 1.44. The fourth-order valence-corrected chi connectivity index (χ4v) is 13.7. The molecule has 8 aromatic carbocycles. The van der Waals surface area contributed by atoms with Gasteiger partial charge in [-0.2, -0.15) is 0 Å². The van der Waals surface area contributed by atoms with Crippen LogP contribution in [0.25, 0.3) is 43.9 Å². The van der Waals surface area contributed by atoms with Crippen molar-refractivity contribution in [3.05, 3.63) is 292 Å². The van der Waals surface area contributed by atoms with E-state index >= 15 is 0 Å². The lowest BCUT2D eigenvalue weighted by Gasteiger charge is -2.26. The predicted molar refractivity (Wildman–Crippen MR) is 476 cm³/mol. The molecule has 14 rings (SSSR count). The largest absolute Gasteiger partial charge is 0.508 e. The van der Waals surface area contributed by atoms with Crippen LogP contribution in [0.15, 0.2) is 242 Å². The van der Waals surface area contributed by atoms with E-state index in [-0.39, 0.29) is 75.7 Å². The lowest BCUT2D eigenvalue weighted by atomic mass is 9.81. The molecule has 2 amide bonds. The lowest BCUT2D eigenvalue weighted by molar-refractivity contribution is -0.686. The summed E-state index contributed by atoms with van der Waals surface area (Å²) in [7, 11) is 8.59. The Bertz CT molecular complexity index is 5260. The smallest absolute Gasteiger partial charge is 0.434 e. The molecule has 0 bridgehead atoms. The number of nitrogens with one attached hydrogen (secondary N) is 4. The highest BCUT2D eigenvalue weighted by molar-refractivity contribution is 8.14. The number of amidine groups is 1. The Hall–Kier alpha value is -12.2. The number of anilines is 2. The number of nitrogens with zero attached hydrogens (tertiary/aromatic N) is 10. The summed E-state index contributed by atoms with van der Waals surface area (Å²) in [6.45, 7) is 26.5. The number of aryl methyl sites for hydroxylation is 2. The van der Waals surface area contributed by atoms with Crippen LogP contribution < -0.4 is 20.5 Å². The number of carbonyl (C=O) groups excluding carboxylic acids is 2. The number of fused-ring (bicyclic) bond motifs is 2. The van der Waals surface area contributed by atoms with Crippen molar-refractivity contribution in [2.75, 3.05) is 64.2 Å². The average molecular weight is 1610 g/mol. The summed E-state index contributed by atoms with van der Waals surface area (Å²) in [4.78, 5) is 56.3. The first-order valence-electron chi connectivity index (χ1n) is 39.2. The van der Waals surface area contributed by atoms with Gasteiger partial charge >= 0.3 is 5.95 Å². The zero-order valence-corrected chi connectivity index (χ0v) is 70.7. The highest BCUT2D eigenvalue weighted by Crippen LogP contribution is 2.42. The quantitative estimate of drug-likeness (QED) is 0.00855. The minimum Gasteiger partial charge on any atom is -0.508 e. The highest BCUT2D eigenvalue weighted by Gasteiger charge is 2.41. The molecular formula is C94H111N14O9S+. The van der Waals surface area contributed by atoms with Crippen molar-refractivity contribution in [1.29, 1.82) is 5.41 Å². The lowest BCUT2D eigenvalue weighted by Crippen LogP contribution is -2.33. The molecule has 24 heteroatoms. The number of aliphatic hydroxyl groups excluding tert-OH is 1. The van der Waals surface area contributed by atoms with Crippen LogP contribution in [0.5, 0.6) is 23.0 Å². The Balaban J connectivity index is 0.000000163. The predicted octanol–water partition coefficient (Wildman–Crippen LogP) is 16.6. The molecule has 0 saturated carbocycles. The molecule has 616 valence electrons. The van der Waals surface area contributed by atoms with Crippen LogP contribution in [0.3, 0.4) is 0 Å². The molecule has 3 unspecified atom stereocenters. The number of benzene rings is 8. The number of pyridine rings is 3. The number of carbonyl (C=O) groups is 2. The first-order valence-corrected chi connectivity index (χ1v) is 40.2. The maximum absolute atomic E-state index is 11.7. The third-order valence-corrected chi connectivity index (χ3v) is 20.7.